The quantitative estimate of drug-likeness (QED) is 0.787. The number of aromatic carboxylic acids is 1. The van der Waals surface area contributed by atoms with Gasteiger partial charge in [0.15, 0.2) is 0 Å². The van der Waals surface area contributed by atoms with E-state index in [0.29, 0.717) is 5.56 Å². The molecule has 0 spiro atoms. The van der Waals surface area contributed by atoms with Gasteiger partial charge in [-0.3, -0.25) is 4.68 Å². The number of nitrogens with zero attached hydrogens (tertiary/aromatic N) is 2. The van der Waals surface area contributed by atoms with Gasteiger partial charge in [-0.05, 0) is 25.5 Å². The Morgan fingerprint density at radius 3 is 2.50 bits per heavy atom. The second kappa shape index (κ2) is 6.28. The SMILES string of the molecule is Cc1nn(Cc2cccc(C(=O)O)c2F)c(C)c1-c1ccccc1. The van der Waals surface area contributed by atoms with E-state index in [1.165, 1.54) is 6.07 Å². The van der Waals surface area contributed by atoms with Crippen molar-refractivity contribution in [1.82, 2.24) is 9.78 Å². The summed E-state index contributed by atoms with van der Waals surface area (Å²) in [6.07, 6.45) is 0. The van der Waals surface area contributed by atoms with Gasteiger partial charge in [-0.25, -0.2) is 9.18 Å². The van der Waals surface area contributed by atoms with Crippen molar-refractivity contribution < 1.29 is 14.3 Å². The highest BCUT2D eigenvalue weighted by Gasteiger charge is 2.17. The van der Waals surface area contributed by atoms with Crippen LogP contribution in [0.4, 0.5) is 4.39 Å². The molecule has 0 aliphatic heterocycles. The van der Waals surface area contributed by atoms with Crippen LogP contribution in [0.15, 0.2) is 48.5 Å². The first kappa shape index (κ1) is 15.9. The average molecular weight is 324 g/mol. The van der Waals surface area contributed by atoms with Crippen LogP contribution in [0.5, 0.6) is 0 Å². The fourth-order valence-electron chi connectivity index (χ4n) is 2.90. The van der Waals surface area contributed by atoms with Gasteiger partial charge in [0.25, 0.3) is 0 Å². The molecule has 0 aliphatic carbocycles. The van der Waals surface area contributed by atoms with E-state index in [9.17, 15) is 9.18 Å². The normalized spacial score (nSPS) is 10.8. The van der Waals surface area contributed by atoms with Gasteiger partial charge in [0.2, 0.25) is 0 Å². The van der Waals surface area contributed by atoms with Gasteiger partial charge in [0.05, 0.1) is 17.8 Å². The fourth-order valence-corrected chi connectivity index (χ4v) is 2.90. The molecule has 0 fully saturated rings. The molecule has 0 saturated carbocycles. The summed E-state index contributed by atoms with van der Waals surface area (Å²) in [5.74, 6) is -1.98. The molecule has 0 amide bonds. The molecule has 0 unspecified atom stereocenters. The fraction of sp³-hybridized carbons (Fsp3) is 0.158. The van der Waals surface area contributed by atoms with Crippen molar-refractivity contribution in [3.63, 3.8) is 0 Å². The highest BCUT2D eigenvalue weighted by atomic mass is 19.1. The van der Waals surface area contributed by atoms with Crippen molar-refractivity contribution in [2.24, 2.45) is 0 Å². The van der Waals surface area contributed by atoms with E-state index >= 15 is 0 Å². The van der Waals surface area contributed by atoms with E-state index in [0.717, 1.165) is 22.5 Å². The summed E-state index contributed by atoms with van der Waals surface area (Å²) in [6, 6.07) is 14.3. The monoisotopic (exact) mass is 324 g/mol. The highest BCUT2D eigenvalue weighted by molar-refractivity contribution is 5.88. The molecule has 0 aliphatic rings. The Balaban J connectivity index is 2.01. The van der Waals surface area contributed by atoms with Crippen LogP contribution < -0.4 is 0 Å². The zero-order valence-electron chi connectivity index (χ0n) is 13.5. The number of hydrogen-bond acceptors (Lipinski definition) is 2. The van der Waals surface area contributed by atoms with Gasteiger partial charge in [-0.2, -0.15) is 5.10 Å². The van der Waals surface area contributed by atoms with Crippen LogP contribution in [0.2, 0.25) is 0 Å². The lowest BCUT2D eigenvalue weighted by Crippen LogP contribution is -2.09. The largest absolute Gasteiger partial charge is 0.478 e. The van der Waals surface area contributed by atoms with Crippen molar-refractivity contribution in [1.29, 1.82) is 0 Å². The Kier molecular flexibility index (Phi) is 4.16. The van der Waals surface area contributed by atoms with Crippen LogP contribution in [0, 0.1) is 19.7 Å². The summed E-state index contributed by atoms with van der Waals surface area (Å²) in [4.78, 5) is 11.1. The molecule has 0 saturated heterocycles. The third-order valence-electron chi connectivity index (χ3n) is 4.07. The summed E-state index contributed by atoms with van der Waals surface area (Å²) < 4.78 is 16.1. The van der Waals surface area contributed by atoms with E-state index in [4.69, 9.17) is 5.11 Å². The highest BCUT2D eigenvalue weighted by Crippen LogP contribution is 2.27. The van der Waals surface area contributed by atoms with Crippen molar-refractivity contribution in [3.05, 3.63) is 76.9 Å². The van der Waals surface area contributed by atoms with Gasteiger partial charge in [0, 0.05) is 16.8 Å². The Bertz CT molecular complexity index is 901. The summed E-state index contributed by atoms with van der Waals surface area (Å²) in [5.41, 5.74) is 3.83. The predicted octanol–water partition coefficient (Wildman–Crippen LogP) is 4.05. The van der Waals surface area contributed by atoms with Gasteiger partial charge in [-0.1, -0.05) is 42.5 Å². The zero-order chi connectivity index (χ0) is 17.3. The number of carbonyl (C=O) groups is 1. The van der Waals surface area contributed by atoms with E-state index in [2.05, 4.69) is 5.10 Å². The van der Waals surface area contributed by atoms with Crippen LogP contribution in [-0.2, 0) is 6.54 Å². The van der Waals surface area contributed by atoms with Gasteiger partial charge in [0.1, 0.15) is 5.82 Å². The molecule has 0 atom stereocenters. The Morgan fingerprint density at radius 2 is 1.83 bits per heavy atom. The first-order valence-corrected chi connectivity index (χ1v) is 7.59. The molecule has 3 rings (SSSR count). The van der Waals surface area contributed by atoms with Crippen LogP contribution in [0.1, 0.15) is 27.3 Å². The lowest BCUT2D eigenvalue weighted by molar-refractivity contribution is 0.0691. The Labute approximate surface area is 139 Å². The number of carboxylic acid groups (broad SMARTS) is 1. The number of halogens is 1. The molecule has 0 radical (unpaired) electrons. The van der Waals surface area contributed by atoms with Crippen molar-refractivity contribution in [2.45, 2.75) is 20.4 Å². The molecule has 24 heavy (non-hydrogen) atoms. The maximum Gasteiger partial charge on any atom is 0.338 e. The molecule has 5 heteroatoms. The average Bonchev–Trinajstić information content (AvgIpc) is 2.84. The maximum absolute atomic E-state index is 14.3. The molecule has 3 aromatic rings. The van der Waals surface area contributed by atoms with E-state index in [-0.39, 0.29) is 12.1 Å². The number of carboxylic acids is 1. The third-order valence-corrected chi connectivity index (χ3v) is 4.07. The molecule has 122 valence electrons. The smallest absolute Gasteiger partial charge is 0.338 e. The number of aryl methyl sites for hydroxylation is 1. The summed E-state index contributed by atoms with van der Waals surface area (Å²) in [6.45, 7) is 4.03. The topological polar surface area (TPSA) is 55.1 Å². The van der Waals surface area contributed by atoms with E-state index < -0.39 is 11.8 Å². The third kappa shape index (κ3) is 2.80. The number of hydrogen-bond donors (Lipinski definition) is 1. The van der Waals surface area contributed by atoms with Crippen LogP contribution in [-0.4, -0.2) is 20.9 Å². The summed E-state index contributed by atoms with van der Waals surface area (Å²) >= 11 is 0. The molecule has 1 heterocycles. The number of benzene rings is 2. The predicted molar refractivity (Wildman–Crippen MR) is 89.6 cm³/mol. The van der Waals surface area contributed by atoms with Crippen LogP contribution >= 0.6 is 0 Å². The molecule has 1 N–H and O–H groups in total. The standard InChI is InChI=1S/C19H17FN2O2/c1-12-17(14-7-4-3-5-8-14)13(2)22(21-12)11-15-9-6-10-16(18(15)20)19(23)24/h3-10H,11H2,1-2H3,(H,23,24). The Hall–Kier alpha value is -2.95. The Morgan fingerprint density at radius 1 is 1.12 bits per heavy atom. The minimum Gasteiger partial charge on any atom is -0.478 e. The zero-order valence-corrected chi connectivity index (χ0v) is 13.5. The second-order valence-electron chi connectivity index (χ2n) is 5.65. The van der Waals surface area contributed by atoms with Crippen molar-refractivity contribution >= 4 is 5.97 Å². The number of aromatic nitrogens is 2. The van der Waals surface area contributed by atoms with Gasteiger partial charge < -0.3 is 5.11 Å². The minimum absolute atomic E-state index is 0.187. The molecule has 2 aromatic carbocycles. The van der Waals surface area contributed by atoms with Crippen LogP contribution in [0.25, 0.3) is 11.1 Å². The summed E-state index contributed by atoms with van der Waals surface area (Å²) in [7, 11) is 0. The molecular formula is C19H17FN2O2. The maximum atomic E-state index is 14.3. The van der Waals surface area contributed by atoms with Gasteiger partial charge >= 0.3 is 5.97 Å². The first-order valence-electron chi connectivity index (χ1n) is 7.59. The molecular weight excluding hydrogens is 307 g/mol. The minimum atomic E-state index is -1.27. The van der Waals surface area contributed by atoms with E-state index in [1.807, 2.05) is 44.2 Å². The second-order valence-corrected chi connectivity index (χ2v) is 5.65. The lowest BCUT2D eigenvalue weighted by atomic mass is 10.0. The van der Waals surface area contributed by atoms with Crippen molar-refractivity contribution in [2.75, 3.05) is 0 Å². The number of rotatable bonds is 4. The van der Waals surface area contributed by atoms with Gasteiger partial charge in [-0.15, -0.1) is 0 Å². The lowest BCUT2D eigenvalue weighted by Gasteiger charge is -2.08. The first-order chi connectivity index (χ1) is 11.5. The van der Waals surface area contributed by atoms with Crippen LogP contribution in [0.3, 0.4) is 0 Å². The molecule has 0 bridgehead atoms. The molecule has 1 aromatic heterocycles. The summed E-state index contributed by atoms with van der Waals surface area (Å²) in [5, 5.41) is 13.5. The molecule has 4 nitrogen and oxygen atoms in total. The van der Waals surface area contributed by atoms with Crippen molar-refractivity contribution in [3.8, 4) is 11.1 Å². The van der Waals surface area contributed by atoms with E-state index in [1.54, 1.807) is 16.8 Å².